The molecule has 1 saturated heterocycles. The van der Waals surface area contributed by atoms with Gasteiger partial charge in [-0.15, -0.1) is 23.2 Å². The number of halogens is 6. The molecule has 2 aliphatic carbocycles. The van der Waals surface area contributed by atoms with Crippen molar-refractivity contribution in [3.8, 4) is 0 Å². The van der Waals surface area contributed by atoms with Crippen molar-refractivity contribution < 1.29 is 4.74 Å². The van der Waals surface area contributed by atoms with Crippen LogP contribution in [0.2, 0.25) is 0 Å². The van der Waals surface area contributed by atoms with Gasteiger partial charge in [0.2, 0.25) is 0 Å². The molecule has 2 fully saturated rings. The third kappa shape index (κ3) is 0.976. The van der Waals surface area contributed by atoms with E-state index in [1.807, 2.05) is 0 Å². The molecule has 4 atom stereocenters. The van der Waals surface area contributed by atoms with E-state index < -0.39 is 14.1 Å². The summed E-state index contributed by atoms with van der Waals surface area (Å²) >= 11 is 38.0. The van der Waals surface area contributed by atoms with E-state index in [9.17, 15) is 0 Å². The van der Waals surface area contributed by atoms with E-state index >= 15 is 0 Å². The molecule has 2 bridgehead atoms. The summed E-state index contributed by atoms with van der Waals surface area (Å²) in [6.07, 6.45) is 0. The first-order chi connectivity index (χ1) is 7.29. The van der Waals surface area contributed by atoms with Gasteiger partial charge in [0, 0.05) is 11.8 Å². The Hall–Kier alpha value is 1.44. The lowest BCUT2D eigenvalue weighted by atomic mass is 9.85. The summed E-state index contributed by atoms with van der Waals surface area (Å²) in [6, 6.07) is 0. The van der Waals surface area contributed by atoms with Crippen LogP contribution in [0.25, 0.3) is 0 Å². The van der Waals surface area contributed by atoms with Crippen LogP contribution in [0.1, 0.15) is 0 Å². The molecule has 0 amide bonds. The van der Waals surface area contributed by atoms with Crippen LogP contribution in [-0.4, -0.2) is 27.3 Å². The molecular weight excluding hydrogens is 337 g/mol. The van der Waals surface area contributed by atoms with E-state index in [0.29, 0.717) is 13.2 Å². The Bertz CT molecular complexity index is 373. The van der Waals surface area contributed by atoms with E-state index in [2.05, 4.69) is 0 Å². The number of fused-ring (bicyclic) bond motifs is 5. The monoisotopic (exact) mass is 340 g/mol. The second-order valence-electron chi connectivity index (χ2n) is 4.38. The first-order valence-corrected chi connectivity index (χ1v) is 6.96. The molecule has 1 heterocycles. The topological polar surface area (TPSA) is 9.23 Å². The predicted molar refractivity (Wildman–Crippen MR) is 68.1 cm³/mol. The van der Waals surface area contributed by atoms with Crippen molar-refractivity contribution in [3.63, 3.8) is 0 Å². The van der Waals surface area contributed by atoms with E-state index in [1.54, 1.807) is 0 Å². The van der Waals surface area contributed by atoms with Gasteiger partial charge in [-0.1, -0.05) is 46.4 Å². The van der Waals surface area contributed by atoms with Crippen LogP contribution in [0.5, 0.6) is 0 Å². The van der Waals surface area contributed by atoms with Crippen molar-refractivity contribution in [1.82, 2.24) is 0 Å². The minimum atomic E-state index is -1.41. The van der Waals surface area contributed by atoms with E-state index in [4.69, 9.17) is 74.3 Å². The lowest BCUT2D eigenvalue weighted by Gasteiger charge is -2.33. The molecule has 16 heavy (non-hydrogen) atoms. The zero-order valence-corrected chi connectivity index (χ0v) is 12.3. The van der Waals surface area contributed by atoms with Gasteiger partial charge in [-0.25, -0.2) is 0 Å². The molecule has 0 N–H and O–H groups in total. The van der Waals surface area contributed by atoms with Gasteiger partial charge in [0.25, 0.3) is 0 Å². The maximum absolute atomic E-state index is 6.52. The highest BCUT2D eigenvalue weighted by atomic mass is 35.5. The summed E-state index contributed by atoms with van der Waals surface area (Å²) in [7, 11) is 0. The van der Waals surface area contributed by atoms with E-state index in [1.165, 1.54) is 0 Å². The Morgan fingerprint density at radius 2 is 1.25 bits per heavy atom. The van der Waals surface area contributed by atoms with Gasteiger partial charge < -0.3 is 4.74 Å². The molecule has 3 aliphatic rings. The van der Waals surface area contributed by atoms with E-state index in [0.717, 1.165) is 0 Å². The van der Waals surface area contributed by atoms with Crippen LogP contribution in [0, 0.1) is 11.8 Å². The highest BCUT2D eigenvalue weighted by molar-refractivity contribution is 6.65. The summed E-state index contributed by atoms with van der Waals surface area (Å²) in [5, 5.41) is 0.505. The number of hydrogen-bond acceptors (Lipinski definition) is 1. The molecule has 0 aromatic rings. The lowest BCUT2D eigenvalue weighted by molar-refractivity contribution is 0.167. The minimum Gasteiger partial charge on any atom is -0.381 e. The predicted octanol–water partition coefficient (Wildman–Crippen LogP) is 4.09. The lowest BCUT2D eigenvalue weighted by Crippen LogP contribution is -2.46. The molecule has 0 unspecified atom stereocenters. The molecule has 0 aromatic carbocycles. The quantitative estimate of drug-likeness (QED) is 0.602. The fourth-order valence-corrected chi connectivity index (χ4v) is 6.05. The first kappa shape index (κ1) is 12.5. The second kappa shape index (κ2) is 3.30. The highest BCUT2D eigenvalue weighted by Crippen LogP contribution is 2.77. The smallest absolute Gasteiger partial charge is 0.167 e. The normalized spacial score (nSPS) is 53.6. The Labute approximate surface area is 123 Å². The van der Waals surface area contributed by atoms with Crippen molar-refractivity contribution in [2.24, 2.45) is 11.8 Å². The van der Waals surface area contributed by atoms with Crippen LogP contribution < -0.4 is 0 Å². The molecule has 1 nitrogen and oxygen atoms in total. The largest absolute Gasteiger partial charge is 0.381 e. The van der Waals surface area contributed by atoms with Crippen molar-refractivity contribution in [1.29, 1.82) is 0 Å². The molecule has 0 radical (unpaired) electrons. The van der Waals surface area contributed by atoms with Gasteiger partial charge in [-0.3, -0.25) is 0 Å². The average molecular weight is 343 g/mol. The number of alkyl halides is 4. The van der Waals surface area contributed by atoms with Crippen LogP contribution in [0.4, 0.5) is 0 Å². The molecule has 7 heteroatoms. The minimum absolute atomic E-state index is 0.100. The molecule has 3 rings (SSSR count). The maximum atomic E-state index is 6.52. The Balaban J connectivity index is 2.29. The Morgan fingerprint density at radius 3 is 1.62 bits per heavy atom. The first-order valence-electron chi connectivity index (χ1n) is 4.69. The summed E-state index contributed by atoms with van der Waals surface area (Å²) in [4.78, 5) is -2.28. The zero-order valence-electron chi connectivity index (χ0n) is 7.74. The van der Waals surface area contributed by atoms with Crippen LogP contribution in [0.15, 0.2) is 10.1 Å². The SMILES string of the molecule is ClC1=C(Cl)[C@]2(Cl)[C@@H]3COC[C@@H]3[C@@]1(Cl)C2(Cl)Cl. The summed E-state index contributed by atoms with van der Waals surface area (Å²) in [6.45, 7) is 0.897. The van der Waals surface area contributed by atoms with Gasteiger partial charge in [-0.2, -0.15) is 0 Å². The van der Waals surface area contributed by atoms with Gasteiger partial charge >= 0.3 is 0 Å². The number of ether oxygens (including phenoxy) is 1. The zero-order chi connectivity index (χ0) is 11.9. The standard InChI is InChI=1S/C9H6Cl6O/c10-5-6(11)8(13)4-2-16-1-3(4)7(5,12)9(8,14)15/h3-4H,1-2H2/t3-,4+,7-,8+. The van der Waals surface area contributed by atoms with Crippen molar-refractivity contribution in [2.45, 2.75) is 14.1 Å². The van der Waals surface area contributed by atoms with Gasteiger partial charge in [0.1, 0.15) is 9.75 Å². The van der Waals surface area contributed by atoms with Crippen LogP contribution in [-0.2, 0) is 4.74 Å². The molecule has 1 saturated carbocycles. The Kier molecular flexibility index (Phi) is 2.58. The number of rotatable bonds is 0. The van der Waals surface area contributed by atoms with Gasteiger partial charge in [-0.05, 0) is 0 Å². The molecule has 0 spiro atoms. The Morgan fingerprint density at radius 1 is 0.875 bits per heavy atom. The molecule has 1 aliphatic heterocycles. The van der Waals surface area contributed by atoms with Crippen LogP contribution in [0.3, 0.4) is 0 Å². The van der Waals surface area contributed by atoms with Crippen LogP contribution >= 0.6 is 69.6 Å². The van der Waals surface area contributed by atoms with Crippen molar-refractivity contribution >= 4 is 69.6 Å². The average Bonchev–Trinajstić information content (AvgIpc) is 2.78. The third-order valence-electron chi connectivity index (χ3n) is 3.85. The number of hydrogen-bond donors (Lipinski definition) is 0. The number of allylic oxidation sites excluding steroid dienone is 2. The van der Waals surface area contributed by atoms with Gasteiger partial charge in [0.15, 0.2) is 4.33 Å². The highest BCUT2D eigenvalue weighted by Gasteiger charge is 2.83. The van der Waals surface area contributed by atoms with E-state index in [-0.39, 0.29) is 21.9 Å². The summed E-state index contributed by atoms with van der Waals surface area (Å²) < 4.78 is 3.98. The summed E-state index contributed by atoms with van der Waals surface area (Å²) in [5.41, 5.74) is 0. The fraction of sp³-hybridized carbons (Fsp3) is 0.778. The fourth-order valence-electron chi connectivity index (χ4n) is 2.99. The molecular formula is C9H6Cl6O. The maximum Gasteiger partial charge on any atom is 0.167 e. The van der Waals surface area contributed by atoms with Crippen molar-refractivity contribution in [2.75, 3.05) is 13.2 Å². The third-order valence-corrected chi connectivity index (χ3v) is 8.20. The van der Waals surface area contributed by atoms with Crippen molar-refractivity contribution in [3.05, 3.63) is 10.1 Å². The molecule has 0 aromatic heterocycles. The van der Waals surface area contributed by atoms with Gasteiger partial charge in [0.05, 0.1) is 23.3 Å². The molecule has 90 valence electrons. The second-order valence-corrected chi connectivity index (χ2v) is 7.65. The summed E-state index contributed by atoms with van der Waals surface area (Å²) in [5.74, 6) is -0.201.